The molecule has 0 saturated heterocycles. The Balaban J connectivity index is 2.26. The van der Waals surface area contributed by atoms with Crippen molar-refractivity contribution in [2.24, 2.45) is 0 Å². The second-order valence-electron chi connectivity index (χ2n) is 3.35. The molecule has 2 aromatic heterocycles. The number of halogens is 1. The van der Waals surface area contributed by atoms with E-state index < -0.39 is 0 Å². The van der Waals surface area contributed by atoms with Crippen molar-refractivity contribution in [3.05, 3.63) is 46.5 Å². The van der Waals surface area contributed by atoms with Crippen molar-refractivity contribution in [3.8, 4) is 11.4 Å². The molecule has 0 aliphatic rings. The maximum Gasteiger partial charge on any atom is 0.161 e. The molecule has 0 unspecified atom stereocenters. The van der Waals surface area contributed by atoms with Gasteiger partial charge in [0, 0.05) is 27.2 Å². The van der Waals surface area contributed by atoms with Gasteiger partial charge in [-0.2, -0.15) is 0 Å². The van der Waals surface area contributed by atoms with E-state index in [0.717, 1.165) is 16.0 Å². The van der Waals surface area contributed by atoms with Gasteiger partial charge < -0.3 is 0 Å². The van der Waals surface area contributed by atoms with E-state index in [1.54, 1.807) is 17.5 Å². The van der Waals surface area contributed by atoms with Crippen LogP contribution in [0.25, 0.3) is 21.5 Å². The third-order valence-corrected chi connectivity index (χ3v) is 3.75. The van der Waals surface area contributed by atoms with Gasteiger partial charge in [0.1, 0.15) is 4.60 Å². The second-order valence-corrected chi connectivity index (χ2v) is 5.07. The first-order valence-corrected chi connectivity index (χ1v) is 6.47. The van der Waals surface area contributed by atoms with Crippen LogP contribution in [-0.4, -0.2) is 9.97 Å². The molecule has 0 aliphatic carbocycles. The van der Waals surface area contributed by atoms with E-state index in [0.29, 0.717) is 0 Å². The second kappa shape index (κ2) is 3.96. The molecule has 4 heteroatoms. The average molecular weight is 291 g/mol. The molecule has 0 aliphatic heterocycles. The highest BCUT2D eigenvalue weighted by Gasteiger charge is 2.08. The van der Waals surface area contributed by atoms with Gasteiger partial charge >= 0.3 is 0 Å². The minimum Gasteiger partial charge on any atom is -0.236 e. The molecular formula is C12H7BrN2S. The number of aromatic nitrogens is 2. The maximum atomic E-state index is 4.38. The van der Waals surface area contributed by atoms with Crippen molar-refractivity contribution < 1.29 is 0 Å². The van der Waals surface area contributed by atoms with Crippen LogP contribution in [-0.2, 0) is 0 Å². The minimum atomic E-state index is 0.770. The highest BCUT2D eigenvalue weighted by Crippen LogP contribution is 2.31. The van der Waals surface area contributed by atoms with Crippen LogP contribution in [0.1, 0.15) is 0 Å². The number of hydrogen-bond donors (Lipinski definition) is 0. The largest absolute Gasteiger partial charge is 0.236 e. The molecule has 78 valence electrons. The lowest BCUT2D eigenvalue weighted by atomic mass is 10.2. The Hall–Kier alpha value is -1.26. The summed E-state index contributed by atoms with van der Waals surface area (Å²) in [5.41, 5.74) is 1.10. The molecule has 1 aromatic carbocycles. The van der Waals surface area contributed by atoms with Crippen molar-refractivity contribution in [3.63, 3.8) is 0 Å². The van der Waals surface area contributed by atoms with Gasteiger partial charge in [0.25, 0.3) is 0 Å². The van der Waals surface area contributed by atoms with E-state index in [9.17, 15) is 0 Å². The molecule has 0 radical (unpaired) electrons. The number of fused-ring (bicyclic) bond motifs is 1. The molecule has 0 N–H and O–H groups in total. The first-order valence-electron chi connectivity index (χ1n) is 4.80. The SMILES string of the molecule is Brc1ccnc(-c2csc3ccccc23)n1. The Bertz CT molecular complexity index is 648. The van der Waals surface area contributed by atoms with Gasteiger partial charge in [0.15, 0.2) is 5.82 Å². The summed E-state index contributed by atoms with van der Waals surface area (Å²) in [6.45, 7) is 0. The summed E-state index contributed by atoms with van der Waals surface area (Å²) in [4.78, 5) is 8.68. The Kier molecular flexibility index (Phi) is 2.46. The topological polar surface area (TPSA) is 25.8 Å². The summed E-state index contributed by atoms with van der Waals surface area (Å²) in [5.74, 6) is 0.770. The molecule has 0 atom stereocenters. The summed E-state index contributed by atoms with van der Waals surface area (Å²) in [6, 6.07) is 10.1. The maximum absolute atomic E-state index is 4.38. The Labute approximate surface area is 105 Å². The average Bonchev–Trinajstić information content (AvgIpc) is 2.72. The van der Waals surface area contributed by atoms with E-state index in [4.69, 9.17) is 0 Å². The van der Waals surface area contributed by atoms with E-state index in [1.165, 1.54) is 10.1 Å². The molecule has 0 spiro atoms. The van der Waals surface area contributed by atoms with Crippen LogP contribution in [0.15, 0.2) is 46.5 Å². The molecule has 3 aromatic rings. The molecule has 2 nitrogen and oxygen atoms in total. The first kappa shape index (κ1) is 9.93. The number of benzene rings is 1. The Morgan fingerprint density at radius 2 is 2.00 bits per heavy atom. The van der Waals surface area contributed by atoms with E-state index in [1.807, 2.05) is 18.2 Å². The zero-order chi connectivity index (χ0) is 11.0. The lowest BCUT2D eigenvalue weighted by Crippen LogP contribution is -1.86. The fourth-order valence-corrected chi connectivity index (χ4v) is 2.84. The van der Waals surface area contributed by atoms with Crippen LogP contribution < -0.4 is 0 Å². The summed E-state index contributed by atoms with van der Waals surface area (Å²) in [7, 11) is 0. The first-order chi connectivity index (χ1) is 7.84. The third-order valence-electron chi connectivity index (χ3n) is 2.34. The molecule has 2 heterocycles. The van der Waals surface area contributed by atoms with Crippen LogP contribution in [0.2, 0.25) is 0 Å². The Morgan fingerprint density at radius 1 is 1.12 bits per heavy atom. The van der Waals surface area contributed by atoms with Crippen molar-refractivity contribution in [1.29, 1.82) is 0 Å². The van der Waals surface area contributed by atoms with Crippen molar-refractivity contribution in [1.82, 2.24) is 9.97 Å². The number of rotatable bonds is 1. The van der Waals surface area contributed by atoms with E-state index >= 15 is 0 Å². The van der Waals surface area contributed by atoms with Gasteiger partial charge in [-0.1, -0.05) is 18.2 Å². The molecule has 0 saturated carbocycles. The quantitative estimate of drug-likeness (QED) is 0.630. The van der Waals surface area contributed by atoms with Crippen LogP contribution >= 0.6 is 27.3 Å². The van der Waals surface area contributed by atoms with Gasteiger partial charge in [0.05, 0.1) is 0 Å². The zero-order valence-corrected chi connectivity index (χ0v) is 10.6. The van der Waals surface area contributed by atoms with Gasteiger partial charge in [-0.05, 0) is 28.1 Å². The minimum absolute atomic E-state index is 0.770. The van der Waals surface area contributed by atoms with E-state index in [-0.39, 0.29) is 0 Å². The molecular weight excluding hydrogens is 284 g/mol. The van der Waals surface area contributed by atoms with Crippen molar-refractivity contribution in [2.45, 2.75) is 0 Å². The van der Waals surface area contributed by atoms with Crippen LogP contribution in [0.4, 0.5) is 0 Å². The Morgan fingerprint density at radius 3 is 2.88 bits per heavy atom. The summed E-state index contributed by atoms with van der Waals surface area (Å²) in [6.07, 6.45) is 1.76. The van der Waals surface area contributed by atoms with Crippen molar-refractivity contribution in [2.75, 3.05) is 0 Å². The normalized spacial score (nSPS) is 10.8. The van der Waals surface area contributed by atoms with Crippen molar-refractivity contribution >= 4 is 37.4 Å². The van der Waals surface area contributed by atoms with Crippen LogP contribution in [0.3, 0.4) is 0 Å². The lowest BCUT2D eigenvalue weighted by Gasteiger charge is -1.98. The van der Waals surface area contributed by atoms with Gasteiger partial charge in [-0.3, -0.25) is 0 Å². The monoisotopic (exact) mass is 290 g/mol. The molecule has 3 rings (SSSR count). The van der Waals surface area contributed by atoms with Gasteiger partial charge in [-0.25, -0.2) is 9.97 Å². The lowest BCUT2D eigenvalue weighted by molar-refractivity contribution is 1.15. The fourth-order valence-electron chi connectivity index (χ4n) is 1.62. The standard InChI is InChI=1S/C12H7BrN2S/c13-11-5-6-14-12(15-11)9-7-16-10-4-2-1-3-8(9)10/h1-7H. The highest BCUT2D eigenvalue weighted by atomic mass is 79.9. The van der Waals surface area contributed by atoms with Gasteiger partial charge in [-0.15, -0.1) is 11.3 Å². The highest BCUT2D eigenvalue weighted by molar-refractivity contribution is 9.10. The van der Waals surface area contributed by atoms with Crippen LogP contribution in [0, 0.1) is 0 Å². The zero-order valence-electron chi connectivity index (χ0n) is 8.22. The van der Waals surface area contributed by atoms with E-state index in [2.05, 4.69) is 43.4 Å². The van der Waals surface area contributed by atoms with Crippen LogP contribution in [0.5, 0.6) is 0 Å². The predicted molar refractivity (Wildman–Crippen MR) is 70.6 cm³/mol. The molecule has 0 amide bonds. The summed E-state index contributed by atoms with van der Waals surface area (Å²) < 4.78 is 2.08. The predicted octanol–water partition coefficient (Wildman–Crippen LogP) is 4.12. The molecule has 0 bridgehead atoms. The summed E-state index contributed by atoms with van der Waals surface area (Å²) in [5, 5.41) is 3.32. The molecule has 16 heavy (non-hydrogen) atoms. The van der Waals surface area contributed by atoms with Gasteiger partial charge in [0.2, 0.25) is 0 Å². The number of nitrogens with zero attached hydrogens (tertiary/aromatic N) is 2. The molecule has 0 fully saturated rings. The smallest absolute Gasteiger partial charge is 0.161 e. The number of thiophene rings is 1. The third kappa shape index (κ3) is 1.64. The number of hydrogen-bond acceptors (Lipinski definition) is 3. The fraction of sp³-hybridized carbons (Fsp3) is 0. The summed E-state index contributed by atoms with van der Waals surface area (Å²) >= 11 is 5.08.